The van der Waals surface area contributed by atoms with Crippen LogP contribution in [0, 0.1) is 5.82 Å². The molecule has 1 saturated carbocycles. The van der Waals surface area contributed by atoms with Crippen molar-refractivity contribution in [3.8, 4) is 0 Å². The van der Waals surface area contributed by atoms with Crippen molar-refractivity contribution in [3.05, 3.63) is 41.2 Å². The molecule has 1 amide bonds. The van der Waals surface area contributed by atoms with Crippen LogP contribution in [0.25, 0.3) is 6.08 Å². The molecule has 20 heavy (non-hydrogen) atoms. The molecular weight excluding hydrogens is 261 g/mol. The molecule has 106 valence electrons. The number of benzene rings is 1. The summed E-state index contributed by atoms with van der Waals surface area (Å²) in [5.41, 5.74) is 0.446. The molecule has 4 nitrogen and oxygen atoms in total. The van der Waals surface area contributed by atoms with Crippen LogP contribution in [0.3, 0.4) is 0 Å². The molecule has 0 aliphatic heterocycles. The highest BCUT2D eigenvalue weighted by Crippen LogP contribution is 2.28. The van der Waals surface area contributed by atoms with E-state index >= 15 is 0 Å². The molecule has 1 N–H and O–H groups in total. The number of hydrogen-bond acceptors (Lipinski definition) is 2. The van der Waals surface area contributed by atoms with Crippen molar-refractivity contribution in [2.75, 3.05) is 6.54 Å². The number of carbonyl (C=O) groups excluding carboxylic acids is 1. The number of rotatable bonds is 5. The van der Waals surface area contributed by atoms with Crippen molar-refractivity contribution >= 4 is 18.0 Å². The second-order valence-electron chi connectivity index (χ2n) is 4.73. The molecule has 5 heteroatoms. The zero-order valence-electron chi connectivity index (χ0n) is 11.2. The van der Waals surface area contributed by atoms with Crippen molar-refractivity contribution in [2.24, 2.45) is 0 Å². The summed E-state index contributed by atoms with van der Waals surface area (Å²) in [4.78, 5) is 24.4. The summed E-state index contributed by atoms with van der Waals surface area (Å²) >= 11 is 0. The van der Waals surface area contributed by atoms with Gasteiger partial charge in [0.15, 0.2) is 0 Å². The quantitative estimate of drug-likeness (QED) is 0.841. The minimum atomic E-state index is -1.14. The van der Waals surface area contributed by atoms with Crippen LogP contribution in [-0.4, -0.2) is 34.5 Å². The van der Waals surface area contributed by atoms with Gasteiger partial charge in [0.2, 0.25) is 0 Å². The van der Waals surface area contributed by atoms with Crippen LogP contribution in [-0.2, 0) is 4.79 Å². The van der Waals surface area contributed by atoms with E-state index < -0.39 is 11.8 Å². The van der Waals surface area contributed by atoms with Gasteiger partial charge in [0.1, 0.15) is 5.82 Å². The number of nitrogens with zero attached hydrogens (tertiary/aromatic N) is 1. The molecule has 1 aliphatic rings. The number of halogens is 1. The largest absolute Gasteiger partial charge is 0.478 e. The first-order valence-electron chi connectivity index (χ1n) is 6.54. The van der Waals surface area contributed by atoms with E-state index in [1.165, 1.54) is 18.2 Å². The fourth-order valence-corrected chi connectivity index (χ4v) is 2.08. The summed E-state index contributed by atoms with van der Waals surface area (Å²) in [5.74, 6) is -1.92. The molecule has 0 heterocycles. The Hall–Kier alpha value is -2.17. The molecule has 0 spiro atoms. The Morgan fingerprint density at radius 2 is 2.15 bits per heavy atom. The first kappa shape index (κ1) is 14.2. The van der Waals surface area contributed by atoms with E-state index in [9.17, 15) is 14.0 Å². The minimum Gasteiger partial charge on any atom is -0.478 e. The lowest BCUT2D eigenvalue weighted by molar-refractivity contribution is -0.131. The molecule has 0 atom stereocenters. The number of hydrogen-bond donors (Lipinski definition) is 1. The first-order valence-corrected chi connectivity index (χ1v) is 6.54. The predicted molar refractivity (Wildman–Crippen MR) is 72.8 cm³/mol. The van der Waals surface area contributed by atoms with Gasteiger partial charge in [-0.15, -0.1) is 0 Å². The van der Waals surface area contributed by atoms with Gasteiger partial charge < -0.3 is 10.0 Å². The molecule has 0 saturated heterocycles. The maximum absolute atomic E-state index is 13.8. The molecule has 2 rings (SSSR count). The maximum atomic E-state index is 13.8. The first-order chi connectivity index (χ1) is 9.52. The van der Waals surface area contributed by atoms with Crippen LogP contribution in [0.5, 0.6) is 0 Å². The Balaban J connectivity index is 2.19. The van der Waals surface area contributed by atoms with Gasteiger partial charge in [0, 0.05) is 29.8 Å². The van der Waals surface area contributed by atoms with Crippen molar-refractivity contribution in [1.29, 1.82) is 0 Å². The average molecular weight is 277 g/mol. The third-order valence-electron chi connectivity index (χ3n) is 3.24. The third-order valence-corrected chi connectivity index (χ3v) is 3.24. The summed E-state index contributed by atoms with van der Waals surface area (Å²) in [7, 11) is 0. The molecule has 1 aromatic rings. The molecule has 0 aromatic heterocycles. The van der Waals surface area contributed by atoms with Crippen LogP contribution in [0.15, 0.2) is 24.3 Å². The molecule has 0 bridgehead atoms. The topological polar surface area (TPSA) is 57.6 Å². The Morgan fingerprint density at radius 1 is 1.45 bits per heavy atom. The van der Waals surface area contributed by atoms with Gasteiger partial charge in [-0.2, -0.15) is 0 Å². The average Bonchev–Trinajstić information content (AvgIpc) is 3.22. The van der Waals surface area contributed by atoms with Gasteiger partial charge in [-0.05, 0) is 38.0 Å². The molecule has 0 radical (unpaired) electrons. The summed E-state index contributed by atoms with van der Waals surface area (Å²) in [6.07, 6.45) is 4.04. The normalized spacial score (nSPS) is 14.5. The Morgan fingerprint density at radius 3 is 2.65 bits per heavy atom. The zero-order valence-corrected chi connectivity index (χ0v) is 11.2. The van der Waals surface area contributed by atoms with Crippen LogP contribution in [0.1, 0.15) is 35.7 Å². The number of amides is 1. The van der Waals surface area contributed by atoms with E-state index in [-0.39, 0.29) is 17.5 Å². The van der Waals surface area contributed by atoms with E-state index in [2.05, 4.69) is 0 Å². The molecule has 1 aromatic carbocycles. The highest BCUT2D eigenvalue weighted by atomic mass is 19.1. The smallest absolute Gasteiger partial charge is 0.328 e. The van der Waals surface area contributed by atoms with E-state index in [0.29, 0.717) is 12.1 Å². The fraction of sp³-hybridized carbons (Fsp3) is 0.333. The van der Waals surface area contributed by atoms with Gasteiger partial charge >= 0.3 is 5.97 Å². The van der Waals surface area contributed by atoms with Crippen molar-refractivity contribution < 1.29 is 19.1 Å². The number of carboxylic acids is 1. The van der Waals surface area contributed by atoms with Crippen LogP contribution < -0.4 is 0 Å². The van der Waals surface area contributed by atoms with Gasteiger partial charge in [-0.25, -0.2) is 9.18 Å². The lowest BCUT2D eigenvalue weighted by Crippen LogP contribution is -2.32. The summed E-state index contributed by atoms with van der Waals surface area (Å²) in [5, 5.41) is 8.51. The van der Waals surface area contributed by atoms with Crippen LogP contribution in [0.2, 0.25) is 0 Å². The number of aliphatic carboxylic acids is 1. The van der Waals surface area contributed by atoms with E-state index in [1.54, 1.807) is 4.90 Å². The third kappa shape index (κ3) is 3.23. The lowest BCUT2D eigenvalue weighted by atomic mass is 10.1. The number of carboxylic acid groups (broad SMARTS) is 1. The second-order valence-corrected chi connectivity index (χ2v) is 4.73. The standard InChI is InChI=1S/C15H16FNO3/c1-2-17(12-6-7-12)15(20)11-4-3-10(13(16)9-11)5-8-14(18)19/h3-5,8-9,12H,2,6-7H2,1H3,(H,18,19). The molecule has 1 aliphatic carbocycles. The lowest BCUT2D eigenvalue weighted by Gasteiger charge is -2.20. The Labute approximate surface area is 116 Å². The summed E-state index contributed by atoms with van der Waals surface area (Å²) in [6, 6.07) is 4.39. The fourth-order valence-electron chi connectivity index (χ4n) is 2.08. The summed E-state index contributed by atoms with van der Waals surface area (Å²) in [6.45, 7) is 2.50. The zero-order chi connectivity index (χ0) is 14.7. The number of carbonyl (C=O) groups is 2. The van der Waals surface area contributed by atoms with Crippen LogP contribution >= 0.6 is 0 Å². The highest BCUT2D eigenvalue weighted by Gasteiger charge is 2.31. The minimum absolute atomic E-state index is 0.151. The van der Waals surface area contributed by atoms with Crippen LogP contribution in [0.4, 0.5) is 4.39 Å². The van der Waals surface area contributed by atoms with Gasteiger partial charge in [0.05, 0.1) is 0 Å². The maximum Gasteiger partial charge on any atom is 0.328 e. The molecule has 0 unspecified atom stereocenters. The van der Waals surface area contributed by atoms with Crippen molar-refractivity contribution in [1.82, 2.24) is 4.90 Å². The van der Waals surface area contributed by atoms with E-state index in [0.717, 1.165) is 25.0 Å². The van der Waals surface area contributed by atoms with E-state index in [1.807, 2.05) is 6.92 Å². The van der Waals surface area contributed by atoms with Crippen molar-refractivity contribution in [3.63, 3.8) is 0 Å². The predicted octanol–water partition coefficient (Wildman–Crippen LogP) is 2.55. The van der Waals surface area contributed by atoms with Gasteiger partial charge in [0.25, 0.3) is 5.91 Å². The Bertz CT molecular complexity index is 564. The molecular formula is C15H16FNO3. The summed E-state index contributed by atoms with van der Waals surface area (Å²) < 4.78 is 13.8. The highest BCUT2D eigenvalue weighted by molar-refractivity contribution is 5.95. The van der Waals surface area contributed by atoms with Gasteiger partial charge in [-0.1, -0.05) is 6.07 Å². The second kappa shape index (κ2) is 5.86. The Kier molecular flexibility index (Phi) is 4.17. The van der Waals surface area contributed by atoms with Crippen molar-refractivity contribution in [2.45, 2.75) is 25.8 Å². The SMILES string of the molecule is CCN(C(=O)c1ccc(C=CC(=O)O)c(F)c1)C1CC1. The van der Waals surface area contributed by atoms with E-state index in [4.69, 9.17) is 5.11 Å². The molecule has 1 fully saturated rings. The monoisotopic (exact) mass is 277 g/mol. The van der Waals surface area contributed by atoms with Gasteiger partial charge in [-0.3, -0.25) is 4.79 Å².